The summed E-state index contributed by atoms with van der Waals surface area (Å²) in [6.45, 7) is 5.31. The summed E-state index contributed by atoms with van der Waals surface area (Å²) in [5.74, 6) is -6.20. The lowest BCUT2D eigenvalue weighted by Crippen LogP contribution is -2.44. The molecule has 0 spiro atoms. The average Bonchev–Trinajstić information content (AvgIpc) is 3.62. The van der Waals surface area contributed by atoms with Gasteiger partial charge < -0.3 is 109 Å². The van der Waals surface area contributed by atoms with Crippen LogP contribution in [0.25, 0.3) is 0 Å². The molecule has 0 aromatic rings. The van der Waals surface area contributed by atoms with E-state index in [2.05, 4.69) is 5.32 Å². The van der Waals surface area contributed by atoms with Crippen molar-refractivity contribution >= 4 is 23.6 Å². The van der Waals surface area contributed by atoms with Crippen molar-refractivity contribution < 1.29 is 118 Å². The molecule has 25 heteroatoms. The maximum absolute atomic E-state index is 11.4. The Morgan fingerprint density at radius 1 is 0.568 bits per heavy atom. The fraction of sp³-hybridized carbons (Fsp3) is 0.918. The summed E-state index contributed by atoms with van der Waals surface area (Å²) in [4.78, 5) is 44.5. The van der Waals surface area contributed by atoms with Crippen LogP contribution in [0.2, 0.25) is 0 Å². The molecule has 1 heterocycles. The van der Waals surface area contributed by atoms with Crippen molar-refractivity contribution in [3.05, 3.63) is 0 Å². The Balaban J connectivity index is -0.0000000911. The maximum atomic E-state index is 11.4. The van der Waals surface area contributed by atoms with Gasteiger partial charge in [0.25, 0.3) is 0 Å². The van der Waals surface area contributed by atoms with Crippen LogP contribution in [0.1, 0.15) is 138 Å². The van der Waals surface area contributed by atoms with E-state index in [1.165, 1.54) is 42.4 Å². The largest absolute Gasteiger partial charge is 0.463 e. The van der Waals surface area contributed by atoms with Crippen LogP contribution in [0.5, 0.6) is 0 Å². The van der Waals surface area contributed by atoms with Crippen LogP contribution in [0.15, 0.2) is 0 Å². The van der Waals surface area contributed by atoms with Gasteiger partial charge in [0.1, 0.15) is 55.6 Å². The number of rotatable bonds is 32. The number of hydrogen-bond donors (Lipinski definition) is 11. The van der Waals surface area contributed by atoms with E-state index in [9.17, 15) is 49.8 Å². The molecular formula is C49H111NO24. The number of Topliss-reactive ketones (excluding diaryl/α,β-unsaturated/α-hetero) is 1. The number of methoxy groups -OCH3 is 4. The van der Waals surface area contributed by atoms with Crippen LogP contribution >= 0.6 is 0 Å². The fourth-order valence-corrected chi connectivity index (χ4v) is 5.50. The molecular weight excluding hydrogens is 987 g/mol. The Bertz CT molecular complexity index is 1250. The summed E-state index contributed by atoms with van der Waals surface area (Å²) < 4.78 is 51.4. The Morgan fingerprint density at radius 3 is 1.12 bits per heavy atom. The minimum atomic E-state index is -1.23. The number of amides is 1. The van der Waals surface area contributed by atoms with E-state index in [1.54, 1.807) is 27.7 Å². The Labute approximate surface area is 445 Å². The monoisotopic (exact) mass is 1100 g/mol. The number of hydrogen-bond acceptors (Lipinski definition) is 24. The number of ether oxygens (including phenoxy) is 10. The SMILES string of the molecule is C.C.C.C.C.C.C.CC[C@@](CO)(OC)OC(CO)CO.CC[C@@](CO)(OC)OC(CO)COC(=O)CCC(=O)NC.CC[C@@](CO)(OC)OC(CO)COC(=O)CCC(C)=O.CC[C@@]1(OC)O[C@H](CO)[C@@H](O)[C@H]1O. The summed E-state index contributed by atoms with van der Waals surface area (Å²) >= 11 is 0. The van der Waals surface area contributed by atoms with Gasteiger partial charge in [-0.15, -0.1) is 0 Å². The Morgan fingerprint density at radius 2 is 0.905 bits per heavy atom. The van der Waals surface area contributed by atoms with Gasteiger partial charge in [0.2, 0.25) is 5.91 Å². The van der Waals surface area contributed by atoms with Crippen LogP contribution in [0.3, 0.4) is 0 Å². The van der Waals surface area contributed by atoms with Gasteiger partial charge in [0, 0.05) is 74.0 Å². The normalized spacial score (nSPS) is 19.3. The first-order chi connectivity index (χ1) is 31.7. The van der Waals surface area contributed by atoms with Crippen LogP contribution in [0, 0.1) is 0 Å². The number of carbonyl (C=O) groups excluding carboxylic acids is 4. The lowest BCUT2D eigenvalue weighted by atomic mass is 10.0. The highest BCUT2D eigenvalue weighted by molar-refractivity contribution is 5.81. The van der Waals surface area contributed by atoms with E-state index < -0.39 is 78.3 Å². The zero-order chi connectivity index (χ0) is 52.3. The van der Waals surface area contributed by atoms with Gasteiger partial charge in [-0.1, -0.05) is 79.7 Å². The molecule has 0 aliphatic carbocycles. The molecule has 1 amide bonds. The van der Waals surface area contributed by atoms with Crippen molar-refractivity contribution in [1.82, 2.24) is 5.32 Å². The molecule has 1 rings (SSSR count). The molecule has 0 aromatic carbocycles. The molecule has 0 saturated carbocycles. The summed E-state index contributed by atoms with van der Waals surface area (Å²) in [6, 6.07) is 0. The lowest BCUT2D eigenvalue weighted by Gasteiger charge is -2.32. The van der Waals surface area contributed by atoms with Crippen molar-refractivity contribution in [2.24, 2.45) is 0 Å². The van der Waals surface area contributed by atoms with Crippen LogP contribution in [-0.2, 0) is 66.5 Å². The first kappa shape index (κ1) is 93.8. The van der Waals surface area contributed by atoms with Gasteiger partial charge in [0.05, 0.1) is 65.7 Å². The summed E-state index contributed by atoms with van der Waals surface area (Å²) in [5, 5.41) is 93.8. The third kappa shape index (κ3) is 34.9. The van der Waals surface area contributed by atoms with Crippen molar-refractivity contribution in [1.29, 1.82) is 0 Å². The molecule has 1 saturated heterocycles. The first-order valence-corrected chi connectivity index (χ1v) is 21.8. The van der Waals surface area contributed by atoms with E-state index in [4.69, 9.17) is 67.8 Å². The van der Waals surface area contributed by atoms with E-state index >= 15 is 0 Å². The third-order valence-electron chi connectivity index (χ3n) is 10.3. The van der Waals surface area contributed by atoms with Gasteiger partial charge in [-0.3, -0.25) is 14.4 Å². The second-order valence-corrected chi connectivity index (χ2v) is 14.7. The topological polar surface area (TPSA) is 375 Å². The van der Waals surface area contributed by atoms with E-state index in [-0.39, 0.29) is 149 Å². The molecule has 0 aromatic heterocycles. The van der Waals surface area contributed by atoms with Gasteiger partial charge in [-0.2, -0.15) is 0 Å². The molecule has 0 bridgehead atoms. The number of aliphatic hydroxyl groups is 10. The van der Waals surface area contributed by atoms with Gasteiger partial charge in [-0.25, -0.2) is 0 Å². The molecule has 74 heavy (non-hydrogen) atoms. The number of aliphatic hydroxyl groups excluding tert-OH is 10. The number of carbonyl (C=O) groups is 4. The van der Waals surface area contributed by atoms with Crippen molar-refractivity contribution in [3.63, 3.8) is 0 Å². The standard InChI is InChI=1S/C13H25NO7.C13H24O7.C8H16O5.C8H18O5.7CH4/c1-4-13(9-16,19-3)21-10(7-15)8-20-12(18)6-5-11(17)14-2;1-4-13(9-15,18-3)20-11(7-14)8-19-12(17)6-5-10(2)16;1-3-8(12-2)7(11)6(10)5(4-9)13-8;1-3-8(6-11,12-2)13-7(4-9)5-10;;;;;;;/h10,15-16H,4-9H2,1-3H3,(H,14,17);11,14-15H,4-9H2,1-3H3;5-7,9-11H,3-4H2,1-2H3;7,9-11H,3-6H2,1-2H3;7*1H4/t10?,13-;11?,13-;5-,6-,7-,8-;8-;;;;;;;/m1111......./s1. The van der Waals surface area contributed by atoms with Crippen LogP contribution in [-0.4, -0.2) is 236 Å². The molecule has 1 fully saturated rings. The molecule has 9 atom stereocenters. The highest BCUT2D eigenvalue weighted by Gasteiger charge is 2.53. The minimum absolute atomic E-state index is 0. The quantitative estimate of drug-likeness (QED) is 0.0337. The highest BCUT2D eigenvalue weighted by Crippen LogP contribution is 2.34. The van der Waals surface area contributed by atoms with Crippen LogP contribution in [0.4, 0.5) is 0 Å². The second kappa shape index (κ2) is 52.4. The fourth-order valence-electron chi connectivity index (χ4n) is 5.50. The predicted molar refractivity (Wildman–Crippen MR) is 281 cm³/mol. The summed E-state index contributed by atoms with van der Waals surface area (Å²) in [6.07, 6.45) is -3.62. The van der Waals surface area contributed by atoms with Crippen molar-refractivity contribution in [2.75, 3.05) is 102 Å². The Hall–Kier alpha value is -2.64. The van der Waals surface area contributed by atoms with Crippen molar-refractivity contribution in [3.8, 4) is 0 Å². The Kier molecular flexibility index (Phi) is 66.5. The smallest absolute Gasteiger partial charge is 0.306 e. The molecule has 1 aliphatic heterocycles. The lowest BCUT2D eigenvalue weighted by molar-refractivity contribution is -0.274. The molecule has 456 valence electrons. The zero-order valence-corrected chi connectivity index (χ0v) is 40.9. The maximum Gasteiger partial charge on any atom is 0.306 e. The number of nitrogens with one attached hydrogen (secondary N) is 1. The van der Waals surface area contributed by atoms with Gasteiger partial charge >= 0.3 is 11.9 Å². The molecule has 25 nitrogen and oxygen atoms in total. The van der Waals surface area contributed by atoms with E-state index in [0.29, 0.717) is 25.7 Å². The highest BCUT2D eigenvalue weighted by atomic mass is 16.7. The van der Waals surface area contributed by atoms with Gasteiger partial charge in [0.15, 0.2) is 23.1 Å². The zero-order valence-electron chi connectivity index (χ0n) is 40.9. The average molecular weight is 1100 g/mol. The molecule has 0 radical (unpaired) electrons. The molecule has 1 aliphatic rings. The number of ketones is 1. The number of esters is 2. The predicted octanol–water partition coefficient (Wildman–Crippen LogP) is 1.61. The second-order valence-electron chi connectivity index (χ2n) is 14.7. The first-order valence-electron chi connectivity index (χ1n) is 21.8. The molecule has 11 N–H and O–H groups in total. The minimum Gasteiger partial charge on any atom is -0.463 e. The van der Waals surface area contributed by atoms with Crippen molar-refractivity contribution in [2.45, 2.75) is 198 Å². The summed E-state index contributed by atoms with van der Waals surface area (Å²) in [5.41, 5.74) is 0. The van der Waals surface area contributed by atoms with E-state index in [0.717, 1.165) is 0 Å². The molecule has 2 unspecified atom stereocenters. The van der Waals surface area contributed by atoms with Gasteiger partial charge in [-0.05, 0) is 6.92 Å². The van der Waals surface area contributed by atoms with E-state index in [1.807, 2.05) is 0 Å². The summed E-state index contributed by atoms with van der Waals surface area (Å²) in [7, 11) is 7.05. The van der Waals surface area contributed by atoms with Crippen LogP contribution < -0.4 is 5.32 Å². The third-order valence-corrected chi connectivity index (χ3v) is 10.3.